The Hall–Kier alpha value is -1.91. The maximum Gasteiger partial charge on any atom is 0.337 e. The summed E-state index contributed by atoms with van der Waals surface area (Å²) in [6.07, 6.45) is -0.287. The lowest BCUT2D eigenvalue weighted by Gasteiger charge is -2.30. The molecular formula is C18H18Br2N4O3S. The van der Waals surface area contributed by atoms with Crippen molar-refractivity contribution in [3.63, 3.8) is 0 Å². The van der Waals surface area contributed by atoms with Crippen molar-refractivity contribution >= 4 is 61.7 Å². The van der Waals surface area contributed by atoms with Crippen molar-refractivity contribution in [1.29, 1.82) is 0 Å². The Bertz CT molecular complexity index is 1040. The Morgan fingerprint density at radius 1 is 1.36 bits per heavy atom. The van der Waals surface area contributed by atoms with E-state index in [1.807, 2.05) is 0 Å². The maximum atomic E-state index is 12.9. The standard InChI is InChI=1S/C18H18Br2N4O3S/c1-6(2)27-17(26)11-7(3)22-16-13(15(21)23-18(28)24-16)12(11)8-4-9(19)14(25)10(20)5-8/h4-6,12,25H,1-3H3,(H4,21,22,23,24,28). The third-order valence-electron chi connectivity index (χ3n) is 4.22. The SMILES string of the molecule is CC1=C(C(=O)OC(C)C)C(c2cc(Br)c(O)c(Br)c2)c2c(nc(=S)[nH]c2N)N1. The van der Waals surface area contributed by atoms with Crippen LogP contribution >= 0.6 is 44.1 Å². The van der Waals surface area contributed by atoms with Gasteiger partial charge in [0.2, 0.25) is 0 Å². The fraction of sp³-hybridized carbons (Fsp3) is 0.278. The minimum Gasteiger partial charge on any atom is -0.506 e. The monoisotopic (exact) mass is 528 g/mol. The van der Waals surface area contributed by atoms with Gasteiger partial charge in [0, 0.05) is 11.3 Å². The molecule has 1 aliphatic rings. The number of esters is 1. The molecule has 0 saturated heterocycles. The molecule has 2 heterocycles. The minimum absolute atomic E-state index is 0.0588. The summed E-state index contributed by atoms with van der Waals surface area (Å²) < 4.78 is 6.65. The smallest absolute Gasteiger partial charge is 0.337 e. The molecule has 1 aromatic carbocycles. The lowest BCUT2D eigenvalue weighted by atomic mass is 9.82. The van der Waals surface area contributed by atoms with Gasteiger partial charge in [-0.1, -0.05) is 0 Å². The zero-order valence-corrected chi connectivity index (χ0v) is 19.3. The van der Waals surface area contributed by atoms with E-state index in [4.69, 9.17) is 22.7 Å². The highest BCUT2D eigenvalue weighted by molar-refractivity contribution is 9.11. The van der Waals surface area contributed by atoms with Crippen LogP contribution in [0.25, 0.3) is 0 Å². The van der Waals surface area contributed by atoms with Crippen LogP contribution in [0.2, 0.25) is 0 Å². The van der Waals surface area contributed by atoms with E-state index in [1.54, 1.807) is 32.9 Å². The zero-order chi connectivity index (χ0) is 20.7. The number of fused-ring (bicyclic) bond motifs is 1. The molecule has 28 heavy (non-hydrogen) atoms. The van der Waals surface area contributed by atoms with Crippen molar-refractivity contribution < 1.29 is 14.6 Å². The van der Waals surface area contributed by atoms with Crippen molar-refractivity contribution in [3.8, 4) is 5.75 Å². The number of ether oxygens (including phenoxy) is 1. The first-order valence-corrected chi connectivity index (χ1v) is 10.4. The predicted molar refractivity (Wildman–Crippen MR) is 117 cm³/mol. The second-order valence-electron chi connectivity index (χ2n) is 6.60. The van der Waals surface area contributed by atoms with Gasteiger partial charge in [0.15, 0.2) is 4.77 Å². The normalized spacial score (nSPS) is 16.0. The summed E-state index contributed by atoms with van der Waals surface area (Å²) in [5.74, 6) is -0.198. The van der Waals surface area contributed by atoms with Crippen LogP contribution in [0.4, 0.5) is 11.6 Å². The average Bonchev–Trinajstić information content (AvgIpc) is 2.56. The van der Waals surface area contributed by atoms with Crippen molar-refractivity contribution in [1.82, 2.24) is 9.97 Å². The summed E-state index contributed by atoms with van der Waals surface area (Å²) in [7, 11) is 0. The van der Waals surface area contributed by atoms with Crippen LogP contribution in [-0.2, 0) is 9.53 Å². The van der Waals surface area contributed by atoms with E-state index in [1.165, 1.54) is 0 Å². The average molecular weight is 530 g/mol. The molecule has 3 rings (SSSR count). The largest absolute Gasteiger partial charge is 0.506 e. The van der Waals surface area contributed by atoms with Crippen LogP contribution in [0.15, 0.2) is 32.3 Å². The number of aromatic nitrogens is 2. The molecule has 0 aliphatic carbocycles. The van der Waals surface area contributed by atoms with Crippen molar-refractivity contribution in [2.75, 3.05) is 11.1 Å². The maximum absolute atomic E-state index is 12.9. The molecule has 0 radical (unpaired) electrons. The molecule has 10 heteroatoms. The van der Waals surface area contributed by atoms with Crippen LogP contribution in [0.1, 0.15) is 37.8 Å². The number of halogens is 2. The van der Waals surface area contributed by atoms with Gasteiger partial charge in [-0.15, -0.1) is 0 Å². The van der Waals surface area contributed by atoms with E-state index in [-0.39, 0.29) is 16.6 Å². The summed E-state index contributed by atoms with van der Waals surface area (Å²) in [5, 5.41) is 13.2. The van der Waals surface area contributed by atoms with Crippen molar-refractivity contribution in [2.45, 2.75) is 32.8 Å². The number of nitrogen functional groups attached to an aromatic ring is 1. The first kappa shape index (κ1) is 20.8. The number of nitrogens with zero attached hydrogens (tertiary/aromatic N) is 1. The molecule has 0 bridgehead atoms. The number of aromatic amines is 1. The minimum atomic E-state index is -0.574. The topological polar surface area (TPSA) is 113 Å². The first-order chi connectivity index (χ1) is 13.1. The van der Waals surface area contributed by atoms with Crippen molar-refractivity contribution in [2.24, 2.45) is 0 Å². The number of hydrogen-bond acceptors (Lipinski definition) is 7. The summed E-state index contributed by atoms with van der Waals surface area (Å²) in [6, 6.07) is 3.47. The van der Waals surface area contributed by atoms with E-state index >= 15 is 0 Å². The molecule has 1 unspecified atom stereocenters. The summed E-state index contributed by atoms with van der Waals surface area (Å²) >= 11 is 11.8. The van der Waals surface area contributed by atoms with Gasteiger partial charge in [0.05, 0.1) is 26.5 Å². The van der Waals surface area contributed by atoms with Gasteiger partial charge in [-0.2, -0.15) is 0 Å². The highest BCUT2D eigenvalue weighted by atomic mass is 79.9. The summed E-state index contributed by atoms with van der Waals surface area (Å²) in [5.41, 5.74) is 8.53. The first-order valence-electron chi connectivity index (χ1n) is 8.36. The Morgan fingerprint density at radius 2 is 1.96 bits per heavy atom. The Balaban J connectivity index is 2.30. The molecule has 0 spiro atoms. The number of benzene rings is 1. The number of H-pyrrole nitrogens is 1. The Labute approximate surface area is 183 Å². The highest BCUT2D eigenvalue weighted by Gasteiger charge is 2.36. The molecule has 7 nitrogen and oxygen atoms in total. The molecule has 2 aromatic rings. The molecule has 1 aliphatic heterocycles. The van der Waals surface area contributed by atoms with E-state index < -0.39 is 11.9 Å². The molecule has 0 fully saturated rings. The van der Waals surface area contributed by atoms with Gasteiger partial charge in [0.25, 0.3) is 0 Å². The number of aromatic hydroxyl groups is 1. The number of anilines is 2. The van der Waals surface area contributed by atoms with Crippen LogP contribution in [-0.4, -0.2) is 27.1 Å². The van der Waals surface area contributed by atoms with E-state index in [0.29, 0.717) is 43.0 Å². The fourth-order valence-electron chi connectivity index (χ4n) is 3.13. The number of carbonyl (C=O) groups excluding carboxylic acids is 1. The predicted octanol–water partition coefficient (Wildman–Crippen LogP) is 4.73. The molecule has 1 aromatic heterocycles. The van der Waals surface area contributed by atoms with Crippen LogP contribution < -0.4 is 11.1 Å². The summed E-state index contributed by atoms with van der Waals surface area (Å²) in [6.45, 7) is 5.34. The number of rotatable bonds is 3. The third-order valence-corrected chi connectivity index (χ3v) is 5.63. The molecule has 0 saturated carbocycles. The van der Waals surface area contributed by atoms with Crippen LogP contribution in [0, 0.1) is 4.77 Å². The lowest BCUT2D eigenvalue weighted by molar-refractivity contribution is -0.142. The molecule has 148 valence electrons. The zero-order valence-electron chi connectivity index (χ0n) is 15.3. The molecular weight excluding hydrogens is 512 g/mol. The fourth-order valence-corrected chi connectivity index (χ4v) is 4.55. The van der Waals surface area contributed by atoms with E-state index in [0.717, 1.165) is 0 Å². The number of phenols is 1. The molecule has 1 atom stereocenters. The Morgan fingerprint density at radius 3 is 2.54 bits per heavy atom. The molecule has 5 N–H and O–H groups in total. The summed E-state index contributed by atoms with van der Waals surface area (Å²) in [4.78, 5) is 20.1. The van der Waals surface area contributed by atoms with Gasteiger partial charge in [-0.25, -0.2) is 9.78 Å². The number of hydrogen-bond donors (Lipinski definition) is 4. The number of nitrogens with one attached hydrogen (secondary N) is 2. The second-order valence-corrected chi connectivity index (χ2v) is 8.70. The second kappa shape index (κ2) is 7.84. The van der Waals surface area contributed by atoms with Crippen molar-refractivity contribution in [3.05, 3.63) is 48.2 Å². The number of allylic oxidation sites excluding steroid dienone is 1. The highest BCUT2D eigenvalue weighted by Crippen LogP contribution is 2.46. The van der Waals surface area contributed by atoms with Crippen LogP contribution in [0.3, 0.4) is 0 Å². The van der Waals surface area contributed by atoms with Gasteiger partial charge in [0.1, 0.15) is 17.4 Å². The number of carbonyl (C=O) groups is 1. The molecule has 0 amide bonds. The Kier molecular flexibility index (Phi) is 5.83. The van der Waals surface area contributed by atoms with Gasteiger partial charge >= 0.3 is 5.97 Å². The number of nitrogens with two attached hydrogens (primary N) is 1. The third kappa shape index (κ3) is 3.81. The quantitative estimate of drug-likeness (QED) is 0.335. The van der Waals surface area contributed by atoms with E-state index in [2.05, 4.69) is 47.1 Å². The van der Waals surface area contributed by atoms with Crippen LogP contribution in [0.5, 0.6) is 5.75 Å². The van der Waals surface area contributed by atoms with E-state index in [9.17, 15) is 9.90 Å². The van der Waals surface area contributed by atoms with Gasteiger partial charge in [-0.05, 0) is 82.5 Å². The van der Waals surface area contributed by atoms with Gasteiger partial charge in [-0.3, -0.25) is 0 Å². The lowest BCUT2D eigenvalue weighted by Crippen LogP contribution is -2.27. The van der Waals surface area contributed by atoms with Gasteiger partial charge < -0.3 is 25.9 Å². The number of phenolic OH excluding ortho intramolecular Hbond substituents is 1.